The van der Waals surface area contributed by atoms with Crippen molar-refractivity contribution < 1.29 is 14.3 Å². The van der Waals surface area contributed by atoms with Crippen LogP contribution in [0.4, 0.5) is 4.79 Å². The standard InChI is InChI=1S/C12H21BrN2O3/c1-12(2,3)18-11(17)15-6-4-9(5-7-15)14-10(16)8-13/h9H,4-8H2,1-3H3,(H,14,16). The Hall–Kier alpha value is -0.780. The maximum Gasteiger partial charge on any atom is 0.410 e. The average molecular weight is 321 g/mol. The highest BCUT2D eigenvalue weighted by atomic mass is 79.9. The third-order valence-electron chi connectivity index (χ3n) is 2.63. The van der Waals surface area contributed by atoms with E-state index in [1.165, 1.54) is 0 Å². The van der Waals surface area contributed by atoms with Crippen molar-refractivity contribution in [2.75, 3.05) is 18.4 Å². The number of likely N-dealkylation sites (tertiary alicyclic amines) is 1. The van der Waals surface area contributed by atoms with Crippen LogP contribution in [0.2, 0.25) is 0 Å². The van der Waals surface area contributed by atoms with Crippen molar-refractivity contribution in [3.05, 3.63) is 0 Å². The van der Waals surface area contributed by atoms with Gasteiger partial charge in [-0.25, -0.2) is 4.79 Å². The number of ether oxygens (including phenoxy) is 1. The first-order valence-corrected chi connectivity index (χ1v) is 7.27. The molecule has 0 radical (unpaired) electrons. The fraction of sp³-hybridized carbons (Fsp3) is 0.833. The maximum absolute atomic E-state index is 11.8. The molecule has 0 spiro atoms. The smallest absolute Gasteiger partial charge is 0.410 e. The van der Waals surface area contributed by atoms with Gasteiger partial charge in [0.25, 0.3) is 0 Å². The van der Waals surface area contributed by atoms with Crippen LogP contribution in [-0.2, 0) is 9.53 Å². The van der Waals surface area contributed by atoms with Crippen LogP contribution in [-0.4, -0.2) is 47.0 Å². The Morgan fingerprint density at radius 2 is 1.89 bits per heavy atom. The van der Waals surface area contributed by atoms with Crippen molar-refractivity contribution in [3.63, 3.8) is 0 Å². The second-order valence-corrected chi connectivity index (χ2v) is 6.00. The molecule has 0 aliphatic carbocycles. The summed E-state index contributed by atoms with van der Waals surface area (Å²) in [6.45, 7) is 6.82. The molecule has 5 nitrogen and oxygen atoms in total. The second-order valence-electron chi connectivity index (χ2n) is 5.44. The van der Waals surface area contributed by atoms with Crippen molar-refractivity contribution in [1.82, 2.24) is 10.2 Å². The molecule has 1 heterocycles. The lowest BCUT2D eigenvalue weighted by Crippen LogP contribution is -2.48. The van der Waals surface area contributed by atoms with Gasteiger partial charge in [0, 0.05) is 19.1 Å². The lowest BCUT2D eigenvalue weighted by molar-refractivity contribution is -0.119. The summed E-state index contributed by atoms with van der Waals surface area (Å²) in [5.74, 6) is -0.00859. The van der Waals surface area contributed by atoms with Crippen LogP contribution >= 0.6 is 15.9 Å². The summed E-state index contributed by atoms with van der Waals surface area (Å²) in [7, 11) is 0. The molecule has 0 bridgehead atoms. The quantitative estimate of drug-likeness (QED) is 0.790. The highest BCUT2D eigenvalue weighted by Crippen LogP contribution is 2.15. The van der Waals surface area contributed by atoms with Gasteiger partial charge in [-0.1, -0.05) is 15.9 Å². The molecule has 104 valence electrons. The van der Waals surface area contributed by atoms with E-state index in [9.17, 15) is 9.59 Å². The maximum atomic E-state index is 11.8. The number of hydrogen-bond acceptors (Lipinski definition) is 3. The van der Waals surface area contributed by atoms with Crippen LogP contribution in [0.3, 0.4) is 0 Å². The van der Waals surface area contributed by atoms with Gasteiger partial charge < -0.3 is 15.0 Å². The van der Waals surface area contributed by atoms with E-state index in [2.05, 4.69) is 21.2 Å². The van der Waals surface area contributed by atoms with E-state index in [0.717, 1.165) is 12.8 Å². The van der Waals surface area contributed by atoms with Gasteiger partial charge in [0.1, 0.15) is 5.60 Å². The van der Waals surface area contributed by atoms with Gasteiger partial charge in [-0.2, -0.15) is 0 Å². The topological polar surface area (TPSA) is 58.6 Å². The third-order valence-corrected chi connectivity index (χ3v) is 3.14. The van der Waals surface area contributed by atoms with E-state index >= 15 is 0 Å². The number of amides is 2. The molecular weight excluding hydrogens is 300 g/mol. The van der Waals surface area contributed by atoms with Crippen molar-refractivity contribution in [2.45, 2.75) is 45.3 Å². The van der Waals surface area contributed by atoms with Gasteiger partial charge in [-0.15, -0.1) is 0 Å². The number of rotatable bonds is 2. The summed E-state index contributed by atoms with van der Waals surface area (Å²) < 4.78 is 5.31. The predicted molar refractivity (Wildman–Crippen MR) is 72.8 cm³/mol. The van der Waals surface area contributed by atoms with Gasteiger partial charge in [0.15, 0.2) is 0 Å². The van der Waals surface area contributed by atoms with Crippen LogP contribution in [0.25, 0.3) is 0 Å². The fourth-order valence-corrected chi connectivity index (χ4v) is 1.96. The number of carbonyl (C=O) groups excluding carboxylic acids is 2. The lowest BCUT2D eigenvalue weighted by Gasteiger charge is -2.33. The van der Waals surface area contributed by atoms with Gasteiger partial charge in [0.05, 0.1) is 5.33 Å². The number of alkyl halides is 1. The van der Waals surface area contributed by atoms with Gasteiger partial charge in [-0.05, 0) is 33.6 Å². The van der Waals surface area contributed by atoms with Crippen LogP contribution < -0.4 is 5.32 Å². The molecule has 1 fully saturated rings. The number of carbonyl (C=O) groups is 2. The van der Waals surface area contributed by atoms with Crippen LogP contribution in [0.5, 0.6) is 0 Å². The Morgan fingerprint density at radius 1 is 1.33 bits per heavy atom. The number of nitrogens with zero attached hydrogens (tertiary/aromatic N) is 1. The molecule has 0 saturated carbocycles. The largest absolute Gasteiger partial charge is 0.444 e. The first-order chi connectivity index (χ1) is 8.31. The van der Waals surface area contributed by atoms with E-state index in [1.807, 2.05) is 20.8 Å². The Bertz CT molecular complexity index is 307. The van der Waals surface area contributed by atoms with E-state index in [0.29, 0.717) is 18.4 Å². The van der Waals surface area contributed by atoms with Gasteiger partial charge in [-0.3, -0.25) is 4.79 Å². The van der Waals surface area contributed by atoms with Gasteiger partial charge in [0.2, 0.25) is 5.91 Å². The number of hydrogen-bond donors (Lipinski definition) is 1. The first kappa shape index (κ1) is 15.3. The molecule has 0 aromatic heterocycles. The van der Waals surface area contributed by atoms with Crippen molar-refractivity contribution in [3.8, 4) is 0 Å². The zero-order valence-electron chi connectivity index (χ0n) is 11.2. The van der Waals surface area contributed by atoms with Crippen molar-refractivity contribution >= 4 is 27.9 Å². The minimum absolute atomic E-state index is 0.00859. The molecule has 0 unspecified atom stereocenters. The molecule has 1 N–H and O–H groups in total. The molecule has 1 saturated heterocycles. The zero-order valence-corrected chi connectivity index (χ0v) is 12.7. The van der Waals surface area contributed by atoms with E-state index in [-0.39, 0.29) is 18.0 Å². The Kier molecular flexibility index (Phi) is 5.44. The molecule has 0 aromatic carbocycles. The summed E-state index contributed by atoms with van der Waals surface area (Å²) in [5.41, 5.74) is -0.460. The number of nitrogens with one attached hydrogen (secondary N) is 1. The summed E-state index contributed by atoms with van der Waals surface area (Å²) in [5, 5.41) is 3.23. The summed E-state index contributed by atoms with van der Waals surface area (Å²) in [6, 6.07) is 0.161. The normalized spacial score (nSPS) is 17.4. The molecule has 18 heavy (non-hydrogen) atoms. The Morgan fingerprint density at radius 3 is 2.33 bits per heavy atom. The second kappa shape index (κ2) is 6.41. The molecular formula is C12H21BrN2O3. The molecule has 1 rings (SSSR count). The average Bonchev–Trinajstić information content (AvgIpc) is 2.27. The van der Waals surface area contributed by atoms with Crippen molar-refractivity contribution in [2.24, 2.45) is 0 Å². The fourth-order valence-electron chi connectivity index (χ4n) is 1.80. The highest BCUT2D eigenvalue weighted by Gasteiger charge is 2.27. The first-order valence-electron chi connectivity index (χ1n) is 6.15. The predicted octanol–water partition coefficient (Wildman–Crippen LogP) is 1.90. The molecule has 1 aliphatic heterocycles. The third kappa shape index (κ3) is 5.25. The summed E-state index contributed by atoms with van der Waals surface area (Å²) >= 11 is 3.11. The number of piperidine rings is 1. The minimum Gasteiger partial charge on any atom is -0.444 e. The monoisotopic (exact) mass is 320 g/mol. The van der Waals surface area contributed by atoms with E-state index < -0.39 is 5.60 Å². The lowest BCUT2D eigenvalue weighted by atomic mass is 10.1. The van der Waals surface area contributed by atoms with Crippen LogP contribution in [0.15, 0.2) is 0 Å². The highest BCUT2D eigenvalue weighted by molar-refractivity contribution is 9.09. The zero-order chi connectivity index (χ0) is 13.8. The minimum atomic E-state index is -0.460. The molecule has 0 aromatic rings. The molecule has 6 heteroatoms. The van der Waals surface area contributed by atoms with Crippen molar-refractivity contribution in [1.29, 1.82) is 0 Å². The number of halogens is 1. The Labute approximate surface area is 116 Å². The van der Waals surface area contributed by atoms with Gasteiger partial charge >= 0.3 is 6.09 Å². The van der Waals surface area contributed by atoms with E-state index in [4.69, 9.17) is 4.74 Å². The Balaban J connectivity index is 2.35. The molecule has 1 aliphatic rings. The van der Waals surface area contributed by atoms with E-state index in [1.54, 1.807) is 4.90 Å². The molecule has 0 atom stereocenters. The SMILES string of the molecule is CC(C)(C)OC(=O)N1CCC(NC(=O)CBr)CC1. The van der Waals surface area contributed by atoms with Crippen LogP contribution in [0.1, 0.15) is 33.6 Å². The summed E-state index contributed by atoms with van der Waals surface area (Å²) in [6.07, 6.45) is 1.28. The molecule has 2 amide bonds. The summed E-state index contributed by atoms with van der Waals surface area (Å²) in [4.78, 5) is 24.7. The van der Waals surface area contributed by atoms with Crippen LogP contribution in [0, 0.1) is 0 Å².